The fourth-order valence-electron chi connectivity index (χ4n) is 2.43. The zero-order valence-corrected chi connectivity index (χ0v) is 14.5. The summed E-state index contributed by atoms with van der Waals surface area (Å²) in [5.74, 6) is 0.536. The summed E-state index contributed by atoms with van der Waals surface area (Å²) in [4.78, 5) is 12.6. The molecule has 0 spiro atoms. The lowest BCUT2D eigenvalue weighted by atomic mass is 10.0. The number of hydrogen-bond donors (Lipinski definition) is 1. The number of rotatable bonds is 7. The minimum Gasteiger partial charge on any atom is -0.507 e. The van der Waals surface area contributed by atoms with E-state index in [9.17, 15) is 9.90 Å². The Morgan fingerprint density at radius 1 is 0.920 bits per heavy atom. The van der Waals surface area contributed by atoms with Gasteiger partial charge < -0.3 is 24.1 Å². The largest absolute Gasteiger partial charge is 0.507 e. The Labute approximate surface area is 146 Å². The summed E-state index contributed by atoms with van der Waals surface area (Å²) in [5.41, 5.74) is 0.726. The predicted molar refractivity (Wildman–Crippen MR) is 94.1 cm³/mol. The highest BCUT2D eigenvalue weighted by molar-refractivity contribution is 6.11. The lowest BCUT2D eigenvalue weighted by molar-refractivity contribution is 0.104. The highest BCUT2D eigenvalue weighted by Gasteiger charge is 2.24. The van der Waals surface area contributed by atoms with Crippen LogP contribution in [0.2, 0.25) is 0 Å². The third-order valence-corrected chi connectivity index (χ3v) is 3.61. The number of allylic oxidation sites excluding steroid dienone is 1. The number of ether oxygens (including phenoxy) is 4. The minimum atomic E-state index is -0.443. The number of aromatic hydroxyl groups is 1. The highest BCUT2D eigenvalue weighted by atomic mass is 16.5. The number of methoxy groups -OCH3 is 4. The molecule has 0 aromatic heterocycles. The lowest BCUT2D eigenvalue weighted by Gasteiger charge is -2.15. The van der Waals surface area contributed by atoms with Crippen LogP contribution in [0.25, 0.3) is 6.08 Å². The first-order chi connectivity index (χ1) is 12.1. The second-order valence-electron chi connectivity index (χ2n) is 4.98. The number of ketones is 1. The van der Waals surface area contributed by atoms with E-state index in [1.165, 1.54) is 33.5 Å². The summed E-state index contributed by atoms with van der Waals surface area (Å²) in [6, 6.07) is 8.58. The summed E-state index contributed by atoms with van der Waals surface area (Å²) < 4.78 is 20.9. The minimum absolute atomic E-state index is 0.00806. The van der Waals surface area contributed by atoms with E-state index < -0.39 is 5.78 Å². The lowest BCUT2D eigenvalue weighted by Crippen LogP contribution is -2.03. The quantitative estimate of drug-likeness (QED) is 0.613. The monoisotopic (exact) mass is 344 g/mol. The van der Waals surface area contributed by atoms with Crippen molar-refractivity contribution in [3.8, 4) is 28.7 Å². The van der Waals surface area contributed by atoms with Crippen LogP contribution in [0, 0.1) is 0 Å². The molecule has 0 radical (unpaired) electrons. The van der Waals surface area contributed by atoms with Gasteiger partial charge in [-0.2, -0.15) is 0 Å². The summed E-state index contributed by atoms with van der Waals surface area (Å²) >= 11 is 0. The summed E-state index contributed by atoms with van der Waals surface area (Å²) in [6.45, 7) is 0. The molecule has 0 amide bonds. The molecule has 0 heterocycles. The molecule has 0 aliphatic heterocycles. The van der Waals surface area contributed by atoms with Gasteiger partial charge in [-0.3, -0.25) is 4.79 Å². The van der Waals surface area contributed by atoms with Crippen LogP contribution >= 0.6 is 0 Å². The number of para-hydroxylation sites is 1. The fraction of sp³-hybridized carbons (Fsp3) is 0.211. The molecule has 0 bridgehead atoms. The highest BCUT2D eigenvalue weighted by Crippen LogP contribution is 2.45. The maximum absolute atomic E-state index is 12.6. The molecule has 0 fully saturated rings. The van der Waals surface area contributed by atoms with E-state index in [2.05, 4.69) is 0 Å². The molecule has 0 saturated carbocycles. The Kier molecular flexibility index (Phi) is 5.89. The van der Waals surface area contributed by atoms with Crippen LogP contribution in [0.5, 0.6) is 28.7 Å². The number of phenols is 1. The Morgan fingerprint density at radius 2 is 1.56 bits per heavy atom. The van der Waals surface area contributed by atoms with E-state index in [1.807, 2.05) is 18.2 Å². The van der Waals surface area contributed by atoms with Gasteiger partial charge in [-0.25, -0.2) is 0 Å². The molecule has 0 unspecified atom stereocenters. The van der Waals surface area contributed by atoms with E-state index in [4.69, 9.17) is 18.9 Å². The summed E-state index contributed by atoms with van der Waals surface area (Å²) in [5, 5.41) is 10.2. The number of carbonyl (C=O) groups is 1. The van der Waals surface area contributed by atoms with Crippen molar-refractivity contribution in [2.24, 2.45) is 0 Å². The Balaban J connectivity index is 2.47. The maximum atomic E-state index is 12.6. The van der Waals surface area contributed by atoms with Crippen LogP contribution in [-0.4, -0.2) is 39.3 Å². The molecule has 2 aromatic carbocycles. The van der Waals surface area contributed by atoms with Crippen molar-refractivity contribution in [2.75, 3.05) is 28.4 Å². The van der Waals surface area contributed by atoms with Gasteiger partial charge in [0.15, 0.2) is 17.3 Å². The van der Waals surface area contributed by atoms with Gasteiger partial charge in [0.25, 0.3) is 0 Å². The van der Waals surface area contributed by atoms with E-state index in [0.29, 0.717) is 5.75 Å². The van der Waals surface area contributed by atoms with Gasteiger partial charge in [0.1, 0.15) is 17.1 Å². The van der Waals surface area contributed by atoms with Gasteiger partial charge in [0.2, 0.25) is 5.75 Å². The van der Waals surface area contributed by atoms with Crippen LogP contribution in [0.3, 0.4) is 0 Å². The van der Waals surface area contributed by atoms with Crippen molar-refractivity contribution in [1.29, 1.82) is 0 Å². The van der Waals surface area contributed by atoms with Gasteiger partial charge >= 0.3 is 0 Å². The normalized spacial score (nSPS) is 10.6. The van der Waals surface area contributed by atoms with Crippen LogP contribution in [-0.2, 0) is 0 Å². The first kappa shape index (κ1) is 18.2. The number of carbonyl (C=O) groups excluding carboxylic acids is 1. The maximum Gasteiger partial charge on any atom is 0.204 e. The van der Waals surface area contributed by atoms with E-state index in [0.717, 1.165) is 5.56 Å². The molecule has 1 N–H and O–H groups in total. The fourth-order valence-corrected chi connectivity index (χ4v) is 2.43. The van der Waals surface area contributed by atoms with E-state index in [1.54, 1.807) is 19.3 Å². The predicted octanol–water partition coefficient (Wildman–Crippen LogP) is 3.32. The zero-order valence-electron chi connectivity index (χ0n) is 14.5. The molecule has 6 nitrogen and oxygen atoms in total. The molecule has 0 aliphatic rings. The van der Waals surface area contributed by atoms with Crippen LogP contribution in [0.15, 0.2) is 36.4 Å². The topological polar surface area (TPSA) is 74.2 Å². The van der Waals surface area contributed by atoms with Gasteiger partial charge in [0.05, 0.1) is 28.4 Å². The number of hydrogen-bond acceptors (Lipinski definition) is 6. The second kappa shape index (κ2) is 8.10. The molecular formula is C19H20O6. The van der Waals surface area contributed by atoms with Gasteiger partial charge in [0, 0.05) is 11.6 Å². The summed E-state index contributed by atoms with van der Waals surface area (Å²) in [6.07, 6.45) is 2.94. The van der Waals surface area contributed by atoms with Crippen molar-refractivity contribution < 1.29 is 28.8 Å². The molecule has 0 atom stereocenters. The van der Waals surface area contributed by atoms with Gasteiger partial charge in [-0.05, 0) is 18.2 Å². The zero-order chi connectivity index (χ0) is 18.4. The molecule has 6 heteroatoms. The Hall–Kier alpha value is -3.15. The Morgan fingerprint density at radius 3 is 2.16 bits per heavy atom. The van der Waals surface area contributed by atoms with Crippen LogP contribution in [0.1, 0.15) is 15.9 Å². The van der Waals surface area contributed by atoms with Crippen molar-refractivity contribution in [3.63, 3.8) is 0 Å². The molecular weight excluding hydrogens is 324 g/mol. The molecule has 2 rings (SSSR count). The van der Waals surface area contributed by atoms with Crippen LogP contribution in [0.4, 0.5) is 0 Å². The first-order valence-corrected chi connectivity index (χ1v) is 7.44. The van der Waals surface area contributed by atoms with Gasteiger partial charge in [-0.1, -0.05) is 18.2 Å². The third-order valence-electron chi connectivity index (χ3n) is 3.61. The first-order valence-electron chi connectivity index (χ1n) is 7.44. The number of benzene rings is 2. The van der Waals surface area contributed by atoms with Crippen molar-refractivity contribution in [2.45, 2.75) is 0 Å². The van der Waals surface area contributed by atoms with Crippen molar-refractivity contribution >= 4 is 11.9 Å². The van der Waals surface area contributed by atoms with E-state index >= 15 is 0 Å². The SMILES string of the molecule is COc1ccccc1/C=C/C(=O)c1c(O)cc(OC)c(OC)c1OC. The van der Waals surface area contributed by atoms with E-state index in [-0.39, 0.29) is 28.6 Å². The number of phenolic OH excluding ortho intramolecular Hbond substituents is 1. The molecule has 0 aliphatic carbocycles. The smallest absolute Gasteiger partial charge is 0.204 e. The molecule has 25 heavy (non-hydrogen) atoms. The van der Waals surface area contributed by atoms with Gasteiger partial charge in [-0.15, -0.1) is 0 Å². The van der Waals surface area contributed by atoms with Crippen LogP contribution < -0.4 is 18.9 Å². The second-order valence-corrected chi connectivity index (χ2v) is 4.98. The molecule has 132 valence electrons. The van der Waals surface area contributed by atoms with Crippen molar-refractivity contribution in [3.05, 3.63) is 47.5 Å². The molecule has 0 saturated heterocycles. The standard InChI is InChI=1S/C19H20O6/c1-22-15-8-6-5-7-12(15)9-10-13(20)17-14(21)11-16(23-2)18(24-3)19(17)25-4/h5-11,21H,1-4H3/b10-9+. The summed E-state index contributed by atoms with van der Waals surface area (Å²) in [7, 11) is 5.80. The average molecular weight is 344 g/mol. The average Bonchev–Trinajstić information content (AvgIpc) is 2.64. The van der Waals surface area contributed by atoms with Crippen molar-refractivity contribution in [1.82, 2.24) is 0 Å². The Bertz CT molecular complexity index is 795. The molecule has 2 aromatic rings. The third kappa shape index (κ3) is 3.68.